The maximum absolute atomic E-state index is 12.5. The van der Waals surface area contributed by atoms with Gasteiger partial charge in [-0.2, -0.15) is 0 Å². The molecule has 1 aromatic heterocycles. The number of anilines is 1. The topological polar surface area (TPSA) is 62.3 Å². The minimum absolute atomic E-state index is 0.0859. The molecule has 0 bridgehead atoms. The third-order valence-electron chi connectivity index (χ3n) is 4.18. The minimum atomic E-state index is -0.382. The van der Waals surface area contributed by atoms with Gasteiger partial charge in [-0.3, -0.25) is 14.6 Å². The summed E-state index contributed by atoms with van der Waals surface area (Å²) in [6.45, 7) is 2.24. The van der Waals surface area contributed by atoms with Crippen molar-refractivity contribution >= 4 is 29.1 Å². The zero-order valence-corrected chi connectivity index (χ0v) is 14.0. The monoisotopic (exact) mass is 343 g/mol. The first-order chi connectivity index (χ1) is 11.6. The third-order valence-corrected chi connectivity index (χ3v) is 4.50. The molecular weight excluding hydrogens is 326 g/mol. The first kappa shape index (κ1) is 16.5. The van der Waals surface area contributed by atoms with Crippen LogP contribution in [0.4, 0.5) is 5.69 Å². The lowest BCUT2D eigenvalue weighted by Gasteiger charge is -2.19. The van der Waals surface area contributed by atoms with Crippen LogP contribution in [0, 0.1) is 5.92 Å². The van der Waals surface area contributed by atoms with E-state index >= 15 is 0 Å². The summed E-state index contributed by atoms with van der Waals surface area (Å²) in [4.78, 5) is 30.4. The molecule has 0 aliphatic carbocycles. The molecule has 1 saturated heterocycles. The Morgan fingerprint density at radius 2 is 2.12 bits per heavy atom. The van der Waals surface area contributed by atoms with Crippen molar-refractivity contribution in [1.29, 1.82) is 0 Å². The molecule has 5 nitrogen and oxygen atoms in total. The Hall–Kier alpha value is -2.40. The highest BCUT2D eigenvalue weighted by molar-refractivity contribution is 6.33. The summed E-state index contributed by atoms with van der Waals surface area (Å²) in [7, 11) is 0. The lowest BCUT2D eigenvalue weighted by atomic mass is 10.1. The van der Waals surface area contributed by atoms with E-state index in [9.17, 15) is 9.59 Å². The molecule has 1 N–H and O–H groups in total. The summed E-state index contributed by atoms with van der Waals surface area (Å²) >= 11 is 6.16. The summed E-state index contributed by atoms with van der Waals surface area (Å²) in [5.74, 6) is -0.598. The number of nitrogens with one attached hydrogen (secondary N) is 1. The zero-order chi connectivity index (χ0) is 17.1. The van der Waals surface area contributed by atoms with E-state index in [-0.39, 0.29) is 30.2 Å². The van der Waals surface area contributed by atoms with Crippen molar-refractivity contribution in [1.82, 2.24) is 10.3 Å². The molecule has 24 heavy (non-hydrogen) atoms. The number of halogens is 1. The first-order valence-electron chi connectivity index (χ1n) is 7.81. The Morgan fingerprint density at radius 3 is 2.83 bits per heavy atom. The van der Waals surface area contributed by atoms with Crippen molar-refractivity contribution in [3.8, 4) is 0 Å². The molecule has 2 heterocycles. The van der Waals surface area contributed by atoms with Crippen LogP contribution in [-0.2, 0) is 9.59 Å². The average Bonchev–Trinajstić information content (AvgIpc) is 2.98. The van der Waals surface area contributed by atoms with Crippen LogP contribution in [0.1, 0.15) is 24.9 Å². The Labute approximate surface area is 145 Å². The van der Waals surface area contributed by atoms with Gasteiger partial charge in [-0.05, 0) is 30.7 Å². The van der Waals surface area contributed by atoms with Crippen LogP contribution in [0.5, 0.6) is 0 Å². The Balaban J connectivity index is 1.67. The number of carbonyl (C=O) groups excluding carboxylic acids is 2. The fraction of sp³-hybridized carbons (Fsp3) is 0.278. The Bertz CT molecular complexity index is 751. The van der Waals surface area contributed by atoms with Gasteiger partial charge in [0, 0.05) is 25.4 Å². The summed E-state index contributed by atoms with van der Waals surface area (Å²) in [6, 6.07) is 10.7. The fourth-order valence-corrected chi connectivity index (χ4v) is 3.07. The van der Waals surface area contributed by atoms with Crippen LogP contribution in [0.2, 0.25) is 5.02 Å². The SMILES string of the molecule is C[C@H](NC(=O)[C@@H]1CC(=O)N(c2ccccc2Cl)C1)c1cccnc1. The summed E-state index contributed by atoms with van der Waals surface area (Å²) in [5, 5.41) is 3.46. The van der Waals surface area contributed by atoms with Crippen LogP contribution < -0.4 is 10.2 Å². The molecule has 0 saturated carbocycles. The number of carbonyl (C=O) groups is 2. The van der Waals surface area contributed by atoms with E-state index in [1.54, 1.807) is 29.4 Å². The van der Waals surface area contributed by atoms with Crippen molar-refractivity contribution in [2.24, 2.45) is 5.92 Å². The number of nitrogens with zero attached hydrogens (tertiary/aromatic N) is 2. The van der Waals surface area contributed by atoms with Gasteiger partial charge in [-0.1, -0.05) is 29.8 Å². The molecular formula is C18H18ClN3O2. The van der Waals surface area contributed by atoms with Gasteiger partial charge in [0.25, 0.3) is 0 Å². The highest BCUT2D eigenvalue weighted by Gasteiger charge is 2.36. The normalized spacial score (nSPS) is 18.5. The summed E-state index contributed by atoms with van der Waals surface area (Å²) in [6.07, 6.45) is 3.60. The Kier molecular flexibility index (Phi) is 4.81. The molecule has 0 unspecified atom stereocenters. The van der Waals surface area contributed by atoms with Crippen molar-refractivity contribution in [2.75, 3.05) is 11.4 Å². The van der Waals surface area contributed by atoms with Gasteiger partial charge in [0.15, 0.2) is 0 Å². The van der Waals surface area contributed by atoms with Gasteiger partial charge >= 0.3 is 0 Å². The van der Waals surface area contributed by atoms with Crippen LogP contribution in [0.15, 0.2) is 48.8 Å². The quantitative estimate of drug-likeness (QED) is 0.928. The van der Waals surface area contributed by atoms with E-state index in [4.69, 9.17) is 11.6 Å². The van der Waals surface area contributed by atoms with Crippen LogP contribution in [-0.4, -0.2) is 23.3 Å². The van der Waals surface area contributed by atoms with Gasteiger partial charge in [0.05, 0.1) is 22.7 Å². The van der Waals surface area contributed by atoms with Crippen LogP contribution in [0.3, 0.4) is 0 Å². The predicted molar refractivity (Wildman–Crippen MR) is 92.7 cm³/mol. The van der Waals surface area contributed by atoms with E-state index in [1.807, 2.05) is 31.2 Å². The molecule has 1 fully saturated rings. The number of aromatic nitrogens is 1. The van der Waals surface area contributed by atoms with Crippen LogP contribution in [0.25, 0.3) is 0 Å². The molecule has 1 aliphatic heterocycles. The number of benzene rings is 1. The Morgan fingerprint density at radius 1 is 1.33 bits per heavy atom. The van der Waals surface area contributed by atoms with Crippen molar-refractivity contribution in [2.45, 2.75) is 19.4 Å². The van der Waals surface area contributed by atoms with Crippen LogP contribution >= 0.6 is 11.6 Å². The molecule has 1 aromatic carbocycles. The molecule has 3 rings (SSSR count). The van der Waals surface area contributed by atoms with Gasteiger partial charge in [-0.25, -0.2) is 0 Å². The largest absolute Gasteiger partial charge is 0.349 e. The second-order valence-electron chi connectivity index (χ2n) is 5.87. The van der Waals surface area contributed by atoms with Crippen molar-refractivity contribution in [3.63, 3.8) is 0 Å². The van der Waals surface area contributed by atoms with Crippen molar-refractivity contribution in [3.05, 3.63) is 59.4 Å². The van der Waals surface area contributed by atoms with E-state index in [1.165, 1.54) is 0 Å². The predicted octanol–water partition coefficient (Wildman–Crippen LogP) is 2.97. The minimum Gasteiger partial charge on any atom is -0.349 e. The summed E-state index contributed by atoms with van der Waals surface area (Å²) < 4.78 is 0. The fourth-order valence-electron chi connectivity index (χ4n) is 2.83. The highest BCUT2D eigenvalue weighted by atomic mass is 35.5. The van der Waals surface area contributed by atoms with Gasteiger partial charge < -0.3 is 10.2 Å². The molecule has 2 aromatic rings. The lowest BCUT2D eigenvalue weighted by Crippen LogP contribution is -2.34. The smallest absolute Gasteiger partial charge is 0.227 e. The highest BCUT2D eigenvalue weighted by Crippen LogP contribution is 2.31. The van der Waals surface area contributed by atoms with Crippen molar-refractivity contribution < 1.29 is 9.59 Å². The lowest BCUT2D eigenvalue weighted by molar-refractivity contribution is -0.126. The molecule has 1 aliphatic rings. The maximum atomic E-state index is 12.5. The molecule has 0 spiro atoms. The molecule has 2 amide bonds. The average molecular weight is 344 g/mol. The second-order valence-corrected chi connectivity index (χ2v) is 6.28. The second kappa shape index (κ2) is 7.01. The zero-order valence-electron chi connectivity index (χ0n) is 13.3. The standard InChI is InChI=1S/C18H18ClN3O2/c1-12(13-5-4-8-20-10-13)21-18(24)14-9-17(23)22(11-14)16-7-3-2-6-15(16)19/h2-8,10,12,14H,9,11H2,1H3,(H,21,24)/t12-,14+/m0/s1. The number of hydrogen-bond acceptors (Lipinski definition) is 3. The van der Waals surface area contributed by atoms with E-state index in [0.29, 0.717) is 17.3 Å². The van der Waals surface area contributed by atoms with Gasteiger partial charge in [0.2, 0.25) is 11.8 Å². The maximum Gasteiger partial charge on any atom is 0.227 e. The number of para-hydroxylation sites is 1. The number of pyridine rings is 1. The third kappa shape index (κ3) is 3.41. The van der Waals surface area contributed by atoms with E-state index < -0.39 is 0 Å². The number of hydrogen-bond donors (Lipinski definition) is 1. The summed E-state index contributed by atoms with van der Waals surface area (Å²) in [5.41, 5.74) is 1.58. The molecule has 0 radical (unpaired) electrons. The molecule has 124 valence electrons. The number of amides is 2. The van der Waals surface area contributed by atoms with E-state index in [0.717, 1.165) is 5.56 Å². The van der Waals surface area contributed by atoms with Gasteiger partial charge in [0.1, 0.15) is 0 Å². The van der Waals surface area contributed by atoms with E-state index in [2.05, 4.69) is 10.3 Å². The van der Waals surface area contributed by atoms with Gasteiger partial charge in [-0.15, -0.1) is 0 Å². The first-order valence-corrected chi connectivity index (χ1v) is 8.19. The molecule has 6 heteroatoms. The number of rotatable bonds is 4. The molecule has 2 atom stereocenters.